The molecule has 64 valence electrons. The minimum absolute atomic E-state index is 0.917. The summed E-state index contributed by atoms with van der Waals surface area (Å²) < 4.78 is 0. The van der Waals surface area contributed by atoms with Crippen LogP contribution in [0.3, 0.4) is 0 Å². The van der Waals surface area contributed by atoms with Gasteiger partial charge in [-0.25, -0.2) is 0 Å². The molecule has 0 aliphatic rings. The predicted octanol–water partition coefficient (Wildman–Crippen LogP) is 3.71. The Kier molecular flexibility index (Phi) is 3.54. The SMILES string of the molecule is Cc1ccc(C)c(/C=C/CBr)c1. The Labute approximate surface area is 82.4 Å². The van der Waals surface area contributed by atoms with Crippen LogP contribution in [0.2, 0.25) is 0 Å². The Morgan fingerprint density at radius 1 is 1.33 bits per heavy atom. The molecule has 0 aliphatic heterocycles. The van der Waals surface area contributed by atoms with Crippen LogP contribution in [0.1, 0.15) is 16.7 Å². The lowest BCUT2D eigenvalue weighted by atomic mass is 10.1. The third kappa shape index (κ3) is 2.49. The summed E-state index contributed by atoms with van der Waals surface area (Å²) in [5.74, 6) is 0. The smallest absolute Gasteiger partial charge is 0.0215 e. The number of allylic oxidation sites excluding steroid dienone is 1. The minimum Gasteiger partial charge on any atom is -0.0883 e. The van der Waals surface area contributed by atoms with Gasteiger partial charge < -0.3 is 0 Å². The number of halogens is 1. The largest absolute Gasteiger partial charge is 0.0883 e. The van der Waals surface area contributed by atoms with Gasteiger partial charge in [-0.05, 0) is 25.0 Å². The van der Waals surface area contributed by atoms with Crippen LogP contribution in [0.4, 0.5) is 0 Å². The molecule has 0 heterocycles. The molecule has 1 heteroatoms. The van der Waals surface area contributed by atoms with Crippen LogP contribution in [0.5, 0.6) is 0 Å². The van der Waals surface area contributed by atoms with Crippen LogP contribution in [-0.2, 0) is 0 Å². The topological polar surface area (TPSA) is 0 Å². The van der Waals surface area contributed by atoms with Crippen LogP contribution < -0.4 is 0 Å². The minimum atomic E-state index is 0.917. The molecule has 0 aromatic heterocycles. The molecule has 1 aromatic rings. The van der Waals surface area contributed by atoms with Crippen LogP contribution in [-0.4, -0.2) is 5.33 Å². The van der Waals surface area contributed by atoms with Crippen molar-refractivity contribution in [1.29, 1.82) is 0 Å². The molecule has 0 unspecified atom stereocenters. The molecular formula is C11H13Br. The van der Waals surface area contributed by atoms with E-state index in [1.54, 1.807) is 0 Å². The van der Waals surface area contributed by atoms with Crippen molar-refractivity contribution in [1.82, 2.24) is 0 Å². The van der Waals surface area contributed by atoms with Crippen molar-refractivity contribution in [3.63, 3.8) is 0 Å². The monoisotopic (exact) mass is 224 g/mol. The van der Waals surface area contributed by atoms with E-state index in [0.29, 0.717) is 0 Å². The first-order valence-corrected chi connectivity index (χ1v) is 5.16. The van der Waals surface area contributed by atoms with Gasteiger partial charge in [0.15, 0.2) is 0 Å². The molecule has 1 aromatic carbocycles. The fraction of sp³-hybridized carbons (Fsp3) is 0.273. The molecule has 0 fully saturated rings. The molecule has 0 amide bonds. The third-order valence-electron chi connectivity index (χ3n) is 1.82. The summed E-state index contributed by atoms with van der Waals surface area (Å²) in [5, 5.41) is 0.917. The normalized spacial score (nSPS) is 10.9. The Morgan fingerprint density at radius 3 is 2.75 bits per heavy atom. The van der Waals surface area contributed by atoms with Gasteiger partial charge in [-0.1, -0.05) is 51.8 Å². The molecule has 0 N–H and O–H groups in total. The van der Waals surface area contributed by atoms with Gasteiger partial charge in [-0.3, -0.25) is 0 Å². The number of alkyl halides is 1. The lowest BCUT2D eigenvalue weighted by molar-refractivity contribution is 1.37. The van der Waals surface area contributed by atoms with Gasteiger partial charge >= 0.3 is 0 Å². The maximum absolute atomic E-state index is 3.36. The van der Waals surface area contributed by atoms with E-state index >= 15 is 0 Å². The predicted molar refractivity (Wildman–Crippen MR) is 58.7 cm³/mol. The van der Waals surface area contributed by atoms with Gasteiger partial charge in [-0.2, -0.15) is 0 Å². The molecular weight excluding hydrogens is 212 g/mol. The summed E-state index contributed by atoms with van der Waals surface area (Å²) in [7, 11) is 0. The van der Waals surface area contributed by atoms with Crippen LogP contribution in [0.25, 0.3) is 6.08 Å². The van der Waals surface area contributed by atoms with Crippen molar-refractivity contribution >= 4 is 22.0 Å². The van der Waals surface area contributed by atoms with Crippen molar-refractivity contribution in [3.05, 3.63) is 41.0 Å². The molecule has 0 aliphatic carbocycles. The lowest BCUT2D eigenvalue weighted by Crippen LogP contribution is -1.81. The molecule has 0 radical (unpaired) electrons. The number of hydrogen-bond donors (Lipinski definition) is 0. The molecule has 12 heavy (non-hydrogen) atoms. The van der Waals surface area contributed by atoms with E-state index in [1.807, 2.05) is 0 Å². The summed E-state index contributed by atoms with van der Waals surface area (Å²) in [6.45, 7) is 4.25. The van der Waals surface area contributed by atoms with Crippen molar-refractivity contribution < 1.29 is 0 Å². The van der Waals surface area contributed by atoms with Crippen molar-refractivity contribution in [2.24, 2.45) is 0 Å². The summed E-state index contributed by atoms with van der Waals surface area (Å²) in [6.07, 6.45) is 4.26. The number of benzene rings is 1. The molecule has 0 atom stereocenters. The van der Waals surface area contributed by atoms with Crippen LogP contribution in [0.15, 0.2) is 24.3 Å². The second-order valence-corrected chi connectivity index (χ2v) is 3.56. The quantitative estimate of drug-likeness (QED) is 0.673. The summed E-state index contributed by atoms with van der Waals surface area (Å²) in [6, 6.07) is 6.50. The van der Waals surface area contributed by atoms with E-state index in [-0.39, 0.29) is 0 Å². The zero-order valence-electron chi connectivity index (χ0n) is 7.47. The standard InChI is InChI=1S/C11H13Br/c1-9-5-6-10(2)11(8-9)4-3-7-12/h3-6,8H,7H2,1-2H3/b4-3+. The molecule has 0 nitrogen and oxygen atoms in total. The third-order valence-corrected chi connectivity index (χ3v) is 2.20. The Bertz CT molecular complexity index is 287. The van der Waals surface area contributed by atoms with Gasteiger partial charge in [0, 0.05) is 5.33 Å². The lowest BCUT2D eigenvalue weighted by Gasteiger charge is -2.00. The van der Waals surface area contributed by atoms with E-state index in [0.717, 1.165) is 5.33 Å². The van der Waals surface area contributed by atoms with Crippen LogP contribution in [0, 0.1) is 13.8 Å². The highest BCUT2D eigenvalue weighted by Gasteiger charge is 1.92. The van der Waals surface area contributed by atoms with Gasteiger partial charge in [-0.15, -0.1) is 0 Å². The second-order valence-electron chi connectivity index (χ2n) is 2.92. The Hall–Kier alpha value is -0.560. The average molecular weight is 225 g/mol. The number of aryl methyl sites for hydroxylation is 2. The average Bonchev–Trinajstić information content (AvgIpc) is 2.07. The van der Waals surface area contributed by atoms with E-state index in [1.165, 1.54) is 16.7 Å². The first kappa shape index (κ1) is 9.53. The van der Waals surface area contributed by atoms with Gasteiger partial charge in [0.25, 0.3) is 0 Å². The van der Waals surface area contributed by atoms with E-state index in [9.17, 15) is 0 Å². The molecule has 1 rings (SSSR count). The van der Waals surface area contributed by atoms with Crippen molar-refractivity contribution in [2.75, 3.05) is 5.33 Å². The van der Waals surface area contributed by atoms with Gasteiger partial charge in [0.05, 0.1) is 0 Å². The zero-order chi connectivity index (χ0) is 8.97. The van der Waals surface area contributed by atoms with Crippen LogP contribution >= 0.6 is 15.9 Å². The van der Waals surface area contributed by atoms with Crippen molar-refractivity contribution in [2.45, 2.75) is 13.8 Å². The van der Waals surface area contributed by atoms with E-state index < -0.39 is 0 Å². The summed E-state index contributed by atoms with van der Waals surface area (Å²) >= 11 is 3.36. The fourth-order valence-corrected chi connectivity index (χ4v) is 1.30. The summed E-state index contributed by atoms with van der Waals surface area (Å²) in [4.78, 5) is 0. The van der Waals surface area contributed by atoms with Gasteiger partial charge in [0.1, 0.15) is 0 Å². The fourth-order valence-electron chi connectivity index (χ4n) is 1.11. The highest BCUT2D eigenvalue weighted by atomic mass is 79.9. The number of rotatable bonds is 2. The molecule has 0 saturated heterocycles. The zero-order valence-corrected chi connectivity index (χ0v) is 9.06. The first-order valence-electron chi connectivity index (χ1n) is 4.04. The molecule has 0 spiro atoms. The maximum atomic E-state index is 3.36. The van der Waals surface area contributed by atoms with Gasteiger partial charge in [0.2, 0.25) is 0 Å². The Balaban J connectivity index is 2.97. The van der Waals surface area contributed by atoms with E-state index in [2.05, 4.69) is 60.1 Å². The maximum Gasteiger partial charge on any atom is 0.0215 e. The highest BCUT2D eigenvalue weighted by molar-refractivity contribution is 9.09. The van der Waals surface area contributed by atoms with Crippen molar-refractivity contribution in [3.8, 4) is 0 Å². The van der Waals surface area contributed by atoms with E-state index in [4.69, 9.17) is 0 Å². The highest BCUT2D eigenvalue weighted by Crippen LogP contribution is 2.12. The second kappa shape index (κ2) is 4.46. The number of hydrogen-bond acceptors (Lipinski definition) is 0. The molecule has 0 bridgehead atoms. The molecule has 0 saturated carbocycles. The first-order chi connectivity index (χ1) is 5.74. The Morgan fingerprint density at radius 2 is 2.08 bits per heavy atom. The summed E-state index contributed by atoms with van der Waals surface area (Å²) in [5.41, 5.74) is 3.96.